The molecule has 2 rings (SSSR count). The molecule has 1 aromatic carbocycles. The summed E-state index contributed by atoms with van der Waals surface area (Å²) in [4.78, 5) is 0. The molecule has 1 fully saturated rings. The minimum Gasteiger partial charge on any atom is -0.308 e. The molecule has 0 spiro atoms. The summed E-state index contributed by atoms with van der Waals surface area (Å²) in [5.41, 5.74) is 1.16. The van der Waals surface area contributed by atoms with Gasteiger partial charge in [-0.1, -0.05) is 23.7 Å². The van der Waals surface area contributed by atoms with Crippen LogP contribution in [0, 0.1) is 0 Å². The molecule has 1 aliphatic heterocycles. The summed E-state index contributed by atoms with van der Waals surface area (Å²) in [6.07, 6.45) is 0. The maximum absolute atomic E-state index is 12.0. The van der Waals surface area contributed by atoms with Crippen molar-refractivity contribution in [1.29, 1.82) is 0 Å². The number of hydrogen-bond donors (Lipinski definition) is 1. The van der Waals surface area contributed by atoms with E-state index in [1.807, 2.05) is 38.1 Å². The summed E-state index contributed by atoms with van der Waals surface area (Å²) < 4.78 is 12.0. The molecule has 0 bridgehead atoms. The maximum Gasteiger partial charge on any atom is 0.0517 e. The van der Waals surface area contributed by atoms with E-state index in [0.717, 1.165) is 17.1 Å². The molecule has 0 aromatic heterocycles. The van der Waals surface area contributed by atoms with E-state index >= 15 is 0 Å². The van der Waals surface area contributed by atoms with Crippen molar-refractivity contribution in [2.45, 2.75) is 30.4 Å². The molecule has 1 saturated heterocycles. The molecule has 4 unspecified atom stereocenters. The van der Waals surface area contributed by atoms with Crippen LogP contribution in [0.2, 0.25) is 5.02 Å². The Morgan fingerprint density at radius 3 is 2.56 bits per heavy atom. The summed E-state index contributed by atoms with van der Waals surface area (Å²) in [7, 11) is -0.761. The van der Waals surface area contributed by atoms with E-state index in [1.165, 1.54) is 0 Å². The molecule has 2 nitrogen and oxygen atoms in total. The predicted octanol–water partition coefficient (Wildman–Crippen LogP) is 2.51. The third-order valence-electron chi connectivity index (χ3n) is 3.09. The lowest BCUT2D eigenvalue weighted by Crippen LogP contribution is -2.46. The van der Waals surface area contributed by atoms with Crippen molar-refractivity contribution >= 4 is 22.4 Å². The van der Waals surface area contributed by atoms with E-state index in [-0.39, 0.29) is 16.5 Å². The maximum atomic E-state index is 12.0. The van der Waals surface area contributed by atoms with Crippen molar-refractivity contribution in [3.8, 4) is 0 Å². The second kappa shape index (κ2) is 4.86. The monoisotopic (exact) mass is 257 g/mol. The van der Waals surface area contributed by atoms with Gasteiger partial charge in [0.15, 0.2) is 0 Å². The number of nitrogens with one attached hydrogen (secondary N) is 1. The van der Waals surface area contributed by atoms with Crippen LogP contribution in [-0.2, 0) is 10.8 Å². The summed E-state index contributed by atoms with van der Waals surface area (Å²) in [5.74, 6) is 0. The molecule has 4 heteroatoms. The SMILES string of the molecule is CC1CNC(c2ccc(Cl)cc2)C(C)S1=O. The fourth-order valence-corrected chi connectivity index (χ4v) is 3.74. The van der Waals surface area contributed by atoms with Gasteiger partial charge in [-0.25, -0.2) is 0 Å². The van der Waals surface area contributed by atoms with Gasteiger partial charge in [-0.3, -0.25) is 4.21 Å². The van der Waals surface area contributed by atoms with Crippen LogP contribution in [0.4, 0.5) is 0 Å². The highest BCUT2D eigenvalue weighted by Gasteiger charge is 2.32. The number of rotatable bonds is 1. The Hall–Kier alpha value is -0.380. The van der Waals surface area contributed by atoms with Crippen molar-refractivity contribution in [1.82, 2.24) is 5.32 Å². The number of benzene rings is 1. The summed E-state index contributed by atoms with van der Waals surface area (Å²) in [6, 6.07) is 7.94. The summed E-state index contributed by atoms with van der Waals surface area (Å²) in [6.45, 7) is 4.87. The van der Waals surface area contributed by atoms with Gasteiger partial charge in [0.2, 0.25) is 0 Å². The lowest BCUT2D eigenvalue weighted by Gasteiger charge is -2.33. The molecule has 1 aliphatic rings. The van der Waals surface area contributed by atoms with Gasteiger partial charge in [0.1, 0.15) is 0 Å². The Kier molecular flexibility index (Phi) is 3.67. The van der Waals surface area contributed by atoms with Crippen molar-refractivity contribution < 1.29 is 4.21 Å². The van der Waals surface area contributed by atoms with Crippen LogP contribution in [0.3, 0.4) is 0 Å². The summed E-state index contributed by atoms with van der Waals surface area (Å²) >= 11 is 5.86. The normalized spacial score (nSPS) is 34.9. The van der Waals surface area contributed by atoms with Gasteiger partial charge < -0.3 is 5.32 Å². The van der Waals surface area contributed by atoms with E-state index in [1.54, 1.807) is 0 Å². The zero-order valence-corrected chi connectivity index (χ0v) is 11.0. The molecule has 1 heterocycles. The van der Waals surface area contributed by atoms with Gasteiger partial charge >= 0.3 is 0 Å². The Labute approximate surface area is 104 Å². The van der Waals surface area contributed by atoms with Gasteiger partial charge in [-0.15, -0.1) is 0 Å². The first-order valence-corrected chi connectivity index (χ1v) is 7.13. The van der Waals surface area contributed by atoms with E-state index in [4.69, 9.17) is 11.6 Å². The quantitative estimate of drug-likeness (QED) is 0.838. The van der Waals surface area contributed by atoms with E-state index in [9.17, 15) is 4.21 Å². The average Bonchev–Trinajstić information content (AvgIpc) is 2.28. The molecule has 1 aromatic rings. The molecule has 1 N–H and O–H groups in total. The van der Waals surface area contributed by atoms with Crippen molar-refractivity contribution in [2.75, 3.05) is 6.54 Å². The molecule has 16 heavy (non-hydrogen) atoms. The van der Waals surface area contributed by atoms with Gasteiger partial charge in [-0.05, 0) is 31.5 Å². The van der Waals surface area contributed by atoms with E-state index in [2.05, 4.69) is 5.32 Å². The molecule has 0 amide bonds. The Morgan fingerprint density at radius 1 is 1.31 bits per heavy atom. The molecular formula is C12H16ClNOS. The minimum absolute atomic E-state index is 0.143. The molecule has 88 valence electrons. The average molecular weight is 258 g/mol. The third kappa shape index (κ3) is 2.31. The summed E-state index contributed by atoms with van der Waals surface area (Å²) in [5, 5.41) is 4.56. The molecule has 0 saturated carbocycles. The minimum atomic E-state index is -0.761. The van der Waals surface area contributed by atoms with Crippen molar-refractivity contribution in [2.24, 2.45) is 0 Å². The van der Waals surface area contributed by atoms with Crippen LogP contribution in [0.5, 0.6) is 0 Å². The largest absolute Gasteiger partial charge is 0.308 e. The predicted molar refractivity (Wildman–Crippen MR) is 69.3 cm³/mol. The first-order valence-electron chi connectivity index (χ1n) is 5.48. The zero-order chi connectivity index (χ0) is 11.7. The first-order chi connectivity index (χ1) is 7.59. The molecule has 0 radical (unpaired) electrons. The fraction of sp³-hybridized carbons (Fsp3) is 0.500. The van der Waals surface area contributed by atoms with Crippen LogP contribution in [0.15, 0.2) is 24.3 Å². The lowest BCUT2D eigenvalue weighted by molar-refractivity contribution is 0.489. The molecule has 4 atom stereocenters. The molecular weight excluding hydrogens is 242 g/mol. The van der Waals surface area contributed by atoms with Crippen LogP contribution in [0.25, 0.3) is 0 Å². The number of halogens is 1. The Balaban J connectivity index is 2.21. The highest BCUT2D eigenvalue weighted by molar-refractivity contribution is 7.86. The van der Waals surface area contributed by atoms with Gasteiger partial charge in [0.25, 0.3) is 0 Å². The van der Waals surface area contributed by atoms with Gasteiger partial charge in [0.05, 0.1) is 5.25 Å². The second-order valence-corrected chi connectivity index (χ2v) is 6.92. The number of hydrogen-bond acceptors (Lipinski definition) is 2. The molecule has 0 aliphatic carbocycles. The highest BCUT2D eigenvalue weighted by atomic mass is 35.5. The van der Waals surface area contributed by atoms with Gasteiger partial charge in [-0.2, -0.15) is 0 Å². The standard InChI is InChI=1S/C12H16ClNOS/c1-8-7-14-12(9(2)16(8)15)10-3-5-11(13)6-4-10/h3-6,8-9,12,14H,7H2,1-2H3. The van der Waals surface area contributed by atoms with Crippen LogP contribution in [-0.4, -0.2) is 21.3 Å². The smallest absolute Gasteiger partial charge is 0.0517 e. The third-order valence-corrected chi connectivity index (χ3v) is 5.30. The van der Waals surface area contributed by atoms with Crippen LogP contribution >= 0.6 is 11.6 Å². The van der Waals surface area contributed by atoms with Crippen LogP contribution in [0.1, 0.15) is 25.5 Å². The Bertz CT molecular complexity index is 393. The van der Waals surface area contributed by atoms with Crippen molar-refractivity contribution in [3.05, 3.63) is 34.9 Å². The van der Waals surface area contributed by atoms with Crippen LogP contribution < -0.4 is 5.32 Å². The zero-order valence-electron chi connectivity index (χ0n) is 9.44. The first kappa shape index (κ1) is 12.1. The lowest BCUT2D eigenvalue weighted by atomic mass is 10.0. The topological polar surface area (TPSA) is 29.1 Å². The van der Waals surface area contributed by atoms with Crippen molar-refractivity contribution in [3.63, 3.8) is 0 Å². The highest BCUT2D eigenvalue weighted by Crippen LogP contribution is 2.26. The Morgan fingerprint density at radius 2 is 1.94 bits per heavy atom. The van der Waals surface area contributed by atoms with Gasteiger partial charge in [0, 0.05) is 33.7 Å². The van der Waals surface area contributed by atoms with E-state index in [0.29, 0.717) is 0 Å². The second-order valence-electron chi connectivity index (χ2n) is 4.28. The fourth-order valence-electron chi connectivity index (χ4n) is 2.10. The van der Waals surface area contributed by atoms with E-state index < -0.39 is 10.8 Å².